The van der Waals surface area contributed by atoms with Crippen molar-refractivity contribution in [2.75, 3.05) is 0 Å². The summed E-state index contributed by atoms with van der Waals surface area (Å²) in [5.74, 6) is 0.535. The molecule has 0 amide bonds. The maximum Gasteiger partial charge on any atom is 0.0525 e. The summed E-state index contributed by atoms with van der Waals surface area (Å²) in [5, 5.41) is 4.34. The highest BCUT2D eigenvalue weighted by atomic mass is 15.3. The van der Waals surface area contributed by atoms with Crippen LogP contribution in [0, 0.1) is 0 Å². The van der Waals surface area contributed by atoms with Crippen molar-refractivity contribution in [3.05, 3.63) is 18.0 Å². The van der Waals surface area contributed by atoms with Gasteiger partial charge in [-0.1, -0.05) is 19.3 Å². The first-order chi connectivity index (χ1) is 7.31. The smallest absolute Gasteiger partial charge is 0.0525 e. The average Bonchev–Trinajstić information content (AvgIpc) is 2.62. The second-order valence-electron chi connectivity index (χ2n) is 4.54. The predicted molar refractivity (Wildman–Crippen MR) is 61.7 cm³/mol. The van der Waals surface area contributed by atoms with Gasteiger partial charge in [0.25, 0.3) is 0 Å². The molecule has 2 N–H and O–H groups in total. The van der Waals surface area contributed by atoms with Crippen LogP contribution in [0.15, 0.2) is 12.4 Å². The summed E-state index contributed by atoms with van der Waals surface area (Å²) in [6.07, 6.45) is 10.5. The molecule has 0 saturated heterocycles. The van der Waals surface area contributed by atoms with Gasteiger partial charge in [-0.15, -0.1) is 0 Å². The Balaban J connectivity index is 2.12. The maximum absolute atomic E-state index is 6.22. The molecule has 1 fully saturated rings. The molecule has 1 saturated carbocycles. The van der Waals surface area contributed by atoms with E-state index in [1.54, 1.807) is 0 Å². The molecule has 2 rings (SSSR count). The molecule has 3 nitrogen and oxygen atoms in total. The minimum absolute atomic E-state index is 0.335. The molecular formula is C12H21N3. The first kappa shape index (κ1) is 10.7. The van der Waals surface area contributed by atoms with Gasteiger partial charge in [-0.3, -0.25) is 4.68 Å². The van der Waals surface area contributed by atoms with Crippen molar-refractivity contribution >= 4 is 0 Å². The largest absolute Gasteiger partial charge is 0.327 e. The van der Waals surface area contributed by atoms with Gasteiger partial charge in [0.05, 0.1) is 6.20 Å². The normalized spacial score (nSPS) is 27.6. The zero-order chi connectivity index (χ0) is 10.7. The second-order valence-corrected chi connectivity index (χ2v) is 4.54. The fraction of sp³-hybridized carbons (Fsp3) is 0.750. The lowest BCUT2D eigenvalue weighted by atomic mass is 9.90. The lowest BCUT2D eigenvalue weighted by molar-refractivity contribution is 0.504. The standard InChI is InChI=1S/C12H21N3/c1-2-15-9-10(8-14-15)11-6-4-3-5-7-12(11)13/h8-9,11-12H,2-7,13H2,1H3. The third kappa shape index (κ3) is 2.40. The molecule has 0 bridgehead atoms. The van der Waals surface area contributed by atoms with Gasteiger partial charge < -0.3 is 5.73 Å². The molecular weight excluding hydrogens is 186 g/mol. The summed E-state index contributed by atoms with van der Waals surface area (Å²) in [5.41, 5.74) is 7.56. The van der Waals surface area contributed by atoms with Gasteiger partial charge >= 0.3 is 0 Å². The number of hydrogen-bond acceptors (Lipinski definition) is 2. The molecule has 2 atom stereocenters. The van der Waals surface area contributed by atoms with E-state index in [0.717, 1.165) is 6.54 Å². The van der Waals surface area contributed by atoms with Crippen molar-refractivity contribution in [1.82, 2.24) is 9.78 Å². The van der Waals surface area contributed by atoms with Crippen molar-refractivity contribution in [1.29, 1.82) is 0 Å². The second kappa shape index (κ2) is 4.79. The van der Waals surface area contributed by atoms with E-state index >= 15 is 0 Å². The van der Waals surface area contributed by atoms with Crippen molar-refractivity contribution in [3.63, 3.8) is 0 Å². The van der Waals surface area contributed by atoms with E-state index in [1.165, 1.54) is 37.7 Å². The summed E-state index contributed by atoms with van der Waals surface area (Å²) >= 11 is 0. The third-order valence-corrected chi connectivity index (χ3v) is 3.47. The maximum atomic E-state index is 6.22. The van der Waals surface area contributed by atoms with Crippen LogP contribution in [0.4, 0.5) is 0 Å². The molecule has 1 heterocycles. The summed E-state index contributed by atoms with van der Waals surface area (Å²) in [6, 6.07) is 0.335. The van der Waals surface area contributed by atoms with E-state index in [4.69, 9.17) is 5.73 Å². The van der Waals surface area contributed by atoms with Gasteiger partial charge in [0.2, 0.25) is 0 Å². The molecule has 0 aliphatic heterocycles. The van der Waals surface area contributed by atoms with Gasteiger partial charge in [-0.25, -0.2) is 0 Å². The van der Waals surface area contributed by atoms with Crippen LogP contribution in [-0.2, 0) is 6.54 Å². The molecule has 2 unspecified atom stereocenters. The van der Waals surface area contributed by atoms with E-state index in [-0.39, 0.29) is 0 Å². The van der Waals surface area contributed by atoms with Crippen molar-refractivity contribution in [3.8, 4) is 0 Å². The van der Waals surface area contributed by atoms with Crippen LogP contribution < -0.4 is 5.73 Å². The van der Waals surface area contributed by atoms with Crippen LogP contribution in [0.2, 0.25) is 0 Å². The number of rotatable bonds is 2. The van der Waals surface area contributed by atoms with Crippen LogP contribution in [0.1, 0.15) is 50.5 Å². The molecule has 84 valence electrons. The fourth-order valence-corrected chi connectivity index (χ4v) is 2.49. The van der Waals surface area contributed by atoms with Crippen molar-refractivity contribution in [2.24, 2.45) is 5.73 Å². The Morgan fingerprint density at radius 2 is 2.20 bits per heavy atom. The van der Waals surface area contributed by atoms with Gasteiger partial charge in [-0.05, 0) is 25.3 Å². The molecule has 0 radical (unpaired) electrons. The molecule has 0 aromatic carbocycles. The monoisotopic (exact) mass is 207 g/mol. The number of aromatic nitrogens is 2. The number of hydrogen-bond donors (Lipinski definition) is 1. The zero-order valence-corrected chi connectivity index (χ0v) is 9.52. The minimum atomic E-state index is 0.335. The van der Waals surface area contributed by atoms with Crippen molar-refractivity contribution in [2.45, 2.75) is 57.5 Å². The molecule has 0 spiro atoms. The number of aryl methyl sites for hydroxylation is 1. The average molecular weight is 207 g/mol. The molecule has 1 aromatic heterocycles. The number of nitrogens with zero attached hydrogens (tertiary/aromatic N) is 2. The molecule has 1 aliphatic carbocycles. The summed E-state index contributed by atoms with van der Waals surface area (Å²) in [7, 11) is 0. The fourth-order valence-electron chi connectivity index (χ4n) is 2.49. The topological polar surface area (TPSA) is 43.8 Å². The Bertz CT molecular complexity index is 306. The Hall–Kier alpha value is -0.830. The molecule has 15 heavy (non-hydrogen) atoms. The SMILES string of the molecule is CCn1cc(C2CCCCCC2N)cn1. The Morgan fingerprint density at radius 1 is 1.40 bits per heavy atom. The van der Waals surface area contributed by atoms with Crippen LogP contribution in [0.5, 0.6) is 0 Å². The van der Waals surface area contributed by atoms with Crippen LogP contribution >= 0.6 is 0 Å². The summed E-state index contributed by atoms with van der Waals surface area (Å²) in [4.78, 5) is 0. The van der Waals surface area contributed by atoms with E-state index in [0.29, 0.717) is 12.0 Å². The molecule has 3 heteroatoms. The number of nitrogens with two attached hydrogens (primary N) is 1. The summed E-state index contributed by atoms with van der Waals surface area (Å²) < 4.78 is 1.99. The van der Waals surface area contributed by atoms with Crippen LogP contribution in [0.3, 0.4) is 0 Å². The van der Waals surface area contributed by atoms with Crippen molar-refractivity contribution < 1.29 is 0 Å². The minimum Gasteiger partial charge on any atom is -0.327 e. The first-order valence-corrected chi connectivity index (χ1v) is 6.09. The van der Waals surface area contributed by atoms with E-state index < -0.39 is 0 Å². The van der Waals surface area contributed by atoms with Gasteiger partial charge in [0, 0.05) is 24.7 Å². The third-order valence-electron chi connectivity index (χ3n) is 3.47. The Labute approximate surface area is 91.7 Å². The van der Waals surface area contributed by atoms with Crippen LogP contribution in [-0.4, -0.2) is 15.8 Å². The highest BCUT2D eigenvalue weighted by molar-refractivity contribution is 5.14. The summed E-state index contributed by atoms with van der Waals surface area (Å²) in [6.45, 7) is 3.06. The Morgan fingerprint density at radius 3 is 2.93 bits per heavy atom. The van der Waals surface area contributed by atoms with Gasteiger partial charge in [0.1, 0.15) is 0 Å². The van der Waals surface area contributed by atoms with E-state index in [9.17, 15) is 0 Å². The van der Waals surface area contributed by atoms with Gasteiger partial charge in [0.15, 0.2) is 0 Å². The predicted octanol–water partition coefficient (Wildman–Crippen LogP) is 2.28. The van der Waals surface area contributed by atoms with E-state index in [1.807, 2.05) is 10.9 Å². The highest BCUT2D eigenvalue weighted by Crippen LogP contribution is 2.30. The van der Waals surface area contributed by atoms with Crippen LogP contribution in [0.25, 0.3) is 0 Å². The van der Waals surface area contributed by atoms with Gasteiger partial charge in [-0.2, -0.15) is 5.10 Å². The Kier molecular flexibility index (Phi) is 3.41. The lowest BCUT2D eigenvalue weighted by Crippen LogP contribution is -2.27. The zero-order valence-electron chi connectivity index (χ0n) is 9.52. The molecule has 1 aromatic rings. The molecule has 1 aliphatic rings. The quantitative estimate of drug-likeness (QED) is 0.756. The first-order valence-electron chi connectivity index (χ1n) is 6.09. The lowest BCUT2D eigenvalue weighted by Gasteiger charge is -2.19. The van der Waals surface area contributed by atoms with E-state index in [2.05, 4.69) is 18.2 Å². The highest BCUT2D eigenvalue weighted by Gasteiger charge is 2.22.